The van der Waals surface area contributed by atoms with Gasteiger partial charge in [-0.2, -0.15) is 0 Å². The van der Waals surface area contributed by atoms with Crippen molar-refractivity contribution < 1.29 is 14.7 Å². The largest absolute Gasteiger partial charge is 0.481 e. The zero-order valence-electron chi connectivity index (χ0n) is 16.0. The Hall–Kier alpha value is -2.19. The Labute approximate surface area is 160 Å². The first kappa shape index (κ1) is 19.6. The smallest absolute Gasteiger partial charge is 0.304 e. The van der Waals surface area contributed by atoms with Gasteiger partial charge in [-0.3, -0.25) is 14.6 Å². The number of amides is 1. The lowest BCUT2D eigenvalue weighted by molar-refractivity contribution is -0.140. The highest BCUT2D eigenvalue weighted by molar-refractivity contribution is 5.79. The molecule has 27 heavy (non-hydrogen) atoms. The fourth-order valence-corrected chi connectivity index (χ4v) is 3.85. The summed E-state index contributed by atoms with van der Waals surface area (Å²) in [6, 6.07) is 4.02. The number of rotatable bonds is 6. The highest BCUT2D eigenvalue weighted by Gasteiger charge is 2.31. The number of carbonyl (C=O) groups is 2. The van der Waals surface area contributed by atoms with Crippen LogP contribution in [0, 0.1) is 5.92 Å². The zero-order chi connectivity index (χ0) is 19.2. The first-order chi connectivity index (χ1) is 13.0. The van der Waals surface area contributed by atoms with Gasteiger partial charge in [0, 0.05) is 76.9 Å². The number of hydrogen-bond donors (Lipinski definition) is 1. The van der Waals surface area contributed by atoms with E-state index in [0.717, 1.165) is 57.8 Å². The Morgan fingerprint density at radius 3 is 2.33 bits per heavy atom. The van der Waals surface area contributed by atoms with Gasteiger partial charge in [0.05, 0.1) is 6.42 Å². The van der Waals surface area contributed by atoms with Gasteiger partial charge in [-0.1, -0.05) is 0 Å². The van der Waals surface area contributed by atoms with Crippen molar-refractivity contribution in [1.82, 2.24) is 19.9 Å². The van der Waals surface area contributed by atoms with Crippen molar-refractivity contribution in [3.05, 3.63) is 24.5 Å². The molecule has 148 valence electrons. The topological polar surface area (TPSA) is 80.2 Å². The summed E-state index contributed by atoms with van der Waals surface area (Å²) < 4.78 is 0. The molecule has 1 aromatic rings. The van der Waals surface area contributed by atoms with E-state index < -0.39 is 5.97 Å². The molecule has 1 N–H and O–H groups in total. The summed E-state index contributed by atoms with van der Waals surface area (Å²) in [4.78, 5) is 31.9. The van der Waals surface area contributed by atoms with Crippen molar-refractivity contribution in [1.29, 1.82) is 0 Å². The molecule has 2 aliphatic rings. The minimum Gasteiger partial charge on any atom is -0.481 e. The fraction of sp³-hybridized carbons (Fsp3) is 0.632. The summed E-state index contributed by atoms with van der Waals surface area (Å²) in [5.41, 5.74) is 1.16. The highest BCUT2D eigenvalue weighted by atomic mass is 16.4. The summed E-state index contributed by atoms with van der Waals surface area (Å²) in [5.74, 6) is -0.420. The number of carboxylic acid groups (broad SMARTS) is 1. The first-order valence-electron chi connectivity index (χ1n) is 9.66. The van der Waals surface area contributed by atoms with E-state index in [9.17, 15) is 9.59 Å². The number of anilines is 1. The number of aromatic nitrogens is 1. The van der Waals surface area contributed by atoms with Gasteiger partial charge in [0.15, 0.2) is 0 Å². The molecule has 2 fully saturated rings. The van der Waals surface area contributed by atoms with E-state index in [1.807, 2.05) is 29.1 Å². The SMILES string of the molecule is CN(CCC(=O)O)N1CCC(C(=O)N2CCN(c3ccncc3)CC2)CC1. The Morgan fingerprint density at radius 2 is 1.74 bits per heavy atom. The van der Waals surface area contributed by atoms with E-state index in [0.29, 0.717) is 6.54 Å². The van der Waals surface area contributed by atoms with Crippen molar-refractivity contribution >= 4 is 17.6 Å². The van der Waals surface area contributed by atoms with Gasteiger partial charge in [0.25, 0.3) is 0 Å². The summed E-state index contributed by atoms with van der Waals surface area (Å²) in [7, 11) is 1.92. The molecule has 2 saturated heterocycles. The van der Waals surface area contributed by atoms with E-state index in [4.69, 9.17) is 5.11 Å². The van der Waals surface area contributed by atoms with E-state index in [2.05, 4.69) is 14.9 Å². The van der Waals surface area contributed by atoms with Gasteiger partial charge in [-0.25, -0.2) is 10.0 Å². The molecule has 2 aliphatic heterocycles. The molecule has 8 nitrogen and oxygen atoms in total. The maximum absolute atomic E-state index is 12.9. The van der Waals surface area contributed by atoms with E-state index in [1.165, 1.54) is 0 Å². The monoisotopic (exact) mass is 375 g/mol. The van der Waals surface area contributed by atoms with Crippen LogP contribution in [0.1, 0.15) is 19.3 Å². The lowest BCUT2D eigenvalue weighted by atomic mass is 9.95. The van der Waals surface area contributed by atoms with Crippen LogP contribution in [0.5, 0.6) is 0 Å². The molecule has 0 atom stereocenters. The van der Waals surface area contributed by atoms with Gasteiger partial charge in [-0.05, 0) is 25.0 Å². The number of carboxylic acids is 1. The van der Waals surface area contributed by atoms with Gasteiger partial charge >= 0.3 is 5.97 Å². The number of carbonyl (C=O) groups excluding carboxylic acids is 1. The number of piperidine rings is 1. The van der Waals surface area contributed by atoms with Crippen LogP contribution >= 0.6 is 0 Å². The second-order valence-electron chi connectivity index (χ2n) is 7.27. The minimum absolute atomic E-state index is 0.0848. The quantitative estimate of drug-likeness (QED) is 0.786. The molecule has 8 heteroatoms. The number of hydrogen-bond acceptors (Lipinski definition) is 6. The zero-order valence-corrected chi connectivity index (χ0v) is 16.0. The molecular formula is C19H29N5O3. The maximum atomic E-state index is 12.9. The van der Waals surface area contributed by atoms with Gasteiger partial charge in [-0.15, -0.1) is 0 Å². The number of aliphatic carboxylic acids is 1. The molecule has 1 amide bonds. The van der Waals surface area contributed by atoms with E-state index >= 15 is 0 Å². The third-order valence-corrected chi connectivity index (χ3v) is 5.57. The predicted octanol–water partition coefficient (Wildman–Crippen LogP) is 0.764. The van der Waals surface area contributed by atoms with Crippen LogP contribution in [0.4, 0.5) is 5.69 Å². The number of pyridine rings is 1. The molecule has 0 spiro atoms. The van der Waals surface area contributed by atoms with Crippen LogP contribution in [0.15, 0.2) is 24.5 Å². The molecule has 0 saturated carbocycles. The Balaban J connectivity index is 1.43. The Kier molecular flexibility index (Phi) is 6.63. The van der Waals surface area contributed by atoms with Crippen molar-refractivity contribution in [2.75, 3.05) is 57.8 Å². The molecule has 1 aromatic heterocycles. The van der Waals surface area contributed by atoms with Crippen molar-refractivity contribution in [2.45, 2.75) is 19.3 Å². The molecular weight excluding hydrogens is 346 g/mol. The molecule has 3 rings (SSSR count). The molecule has 0 aromatic carbocycles. The third kappa shape index (κ3) is 5.17. The molecule has 3 heterocycles. The highest BCUT2D eigenvalue weighted by Crippen LogP contribution is 2.22. The van der Waals surface area contributed by atoms with Crippen LogP contribution in [-0.2, 0) is 9.59 Å². The second-order valence-corrected chi connectivity index (χ2v) is 7.27. The number of hydrazine groups is 1. The number of piperazine rings is 1. The van der Waals surface area contributed by atoms with Crippen LogP contribution in [0.2, 0.25) is 0 Å². The predicted molar refractivity (Wildman–Crippen MR) is 102 cm³/mol. The van der Waals surface area contributed by atoms with Crippen molar-refractivity contribution in [2.24, 2.45) is 5.92 Å². The van der Waals surface area contributed by atoms with Gasteiger partial charge in [0.1, 0.15) is 0 Å². The first-order valence-corrected chi connectivity index (χ1v) is 9.66. The van der Waals surface area contributed by atoms with Crippen molar-refractivity contribution in [3.63, 3.8) is 0 Å². The summed E-state index contributed by atoms with van der Waals surface area (Å²) in [6.45, 7) is 5.36. The summed E-state index contributed by atoms with van der Waals surface area (Å²) in [6.07, 6.45) is 5.40. The Morgan fingerprint density at radius 1 is 1.11 bits per heavy atom. The average Bonchev–Trinajstić information content (AvgIpc) is 2.72. The molecule has 0 unspecified atom stereocenters. The third-order valence-electron chi connectivity index (χ3n) is 5.57. The van der Waals surface area contributed by atoms with Crippen molar-refractivity contribution in [3.8, 4) is 0 Å². The van der Waals surface area contributed by atoms with Crippen LogP contribution in [0.3, 0.4) is 0 Å². The van der Waals surface area contributed by atoms with E-state index in [-0.39, 0.29) is 18.2 Å². The summed E-state index contributed by atoms with van der Waals surface area (Å²) in [5, 5.41) is 12.9. The van der Waals surface area contributed by atoms with Gasteiger partial charge in [0.2, 0.25) is 5.91 Å². The minimum atomic E-state index is -0.780. The lowest BCUT2D eigenvalue weighted by Gasteiger charge is -2.41. The standard InChI is InChI=1S/C19H29N5O3/c1-21(9-6-18(25)26)24-10-4-16(5-11-24)19(27)23-14-12-22(13-15-23)17-2-7-20-8-3-17/h2-3,7-8,16H,4-6,9-15H2,1H3,(H,25,26). The normalized spacial score (nSPS) is 19.5. The Bertz CT molecular complexity index is 625. The van der Waals surface area contributed by atoms with Crippen LogP contribution in [-0.4, -0.2) is 89.7 Å². The maximum Gasteiger partial charge on any atom is 0.304 e. The van der Waals surface area contributed by atoms with Crippen LogP contribution < -0.4 is 4.90 Å². The number of nitrogens with zero attached hydrogens (tertiary/aromatic N) is 5. The van der Waals surface area contributed by atoms with E-state index in [1.54, 1.807) is 12.4 Å². The lowest BCUT2D eigenvalue weighted by Crippen LogP contribution is -2.53. The van der Waals surface area contributed by atoms with Crippen LogP contribution in [0.25, 0.3) is 0 Å². The average molecular weight is 375 g/mol. The molecule has 0 aliphatic carbocycles. The molecule has 0 bridgehead atoms. The fourth-order valence-electron chi connectivity index (χ4n) is 3.85. The second kappa shape index (κ2) is 9.14. The summed E-state index contributed by atoms with van der Waals surface area (Å²) >= 11 is 0. The molecule has 0 radical (unpaired) electrons. The van der Waals surface area contributed by atoms with Gasteiger partial charge < -0.3 is 14.9 Å².